The van der Waals surface area contributed by atoms with Crippen LogP contribution in [0.5, 0.6) is 0 Å². The second-order valence-electron chi connectivity index (χ2n) is 3.96. The van der Waals surface area contributed by atoms with Gasteiger partial charge in [-0.3, -0.25) is 5.32 Å². The van der Waals surface area contributed by atoms with Crippen LogP contribution in [0.25, 0.3) is 0 Å². The number of carbonyl (C=O) groups is 1. The van der Waals surface area contributed by atoms with E-state index in [0.29, 0.717) is 17.8 Å². The molecular weight excluding hydrogens is 274 g/mol. The number of hydrogen-bond acceptors (Lipinski definition) is 5. The molecule has 6 heteroatoms. The molecule has 0 aliphatic rings. The molecule has 1 heterocycles. The molecule has 0 saturated carbocycles. The Bertz CT molecular complexity index is 646. The Kier molecular flexibility index (Phi) is 4.58. The van der Waals surface area contributed by atoms with Crippen LogP contribution in [-0.2, 0) is 11.3 Å². The molecule has 5 nitrogen and oxygen atoms in total. The fraction of sp³-hybridized carbons (Fsp3) is 0.143. The molecule has 0 fully saturated rings. The summed E-state index contributed by atoms with van der Waals surface area (Å²) in [5.41, 5.74) is 2.21. The molecule has 1 aromatic carbocycles. The average molecular weight is 287 g/mol. The number of amides is 1. The first-order chi connectivity index (χ1) is 9.71. The summed E-state index contributed by atoms with van der Waals surface area (Å²) in [4.78, 5) is 12.2. The predicted octanol–water partition coefficient (Wildman–Crippen LogP) is 3.41. The van der Waals surface area contributed by atoms with Crippen molar-refractivity contribution in [1.29, 1.82) is 5.26 Å². The average Bonchev–Trinajstić information content (AvgIpc) is 2.93. The summed E-state index contributed by atoms with van der Waals surface area (Å²) < 4.78 is 4.54. The van der Waals surface area contributed by atoms with E-state index in [-0.39, 0.29) is 0 Å². The molecule has 0 unspecified atom stereocenters. The molecule has 0 spiro atoms. The largest absolute Gasteiger partial charge is 0.453 e. The number of anilines is 2. The van der Waals surface area contributed by atoms with Gasteiger partial charge in [0.2, 0.25) is 0 Å². The van der Waals surface area contributed by atoms with Crippen LogP contribution in [0.3, 0.4) is 0 Å². The van der Waals surface area contributed by atoms with E-state index in [9.17, 15) is 4.79 Å². The summed E-state index contributed by atoms with van der Waals surface area (Å²) in [7, 11) is 1.32. The molecule has 0 radical (unpaired) electrons. The number of carbonyl (C=O) groups excluding carboxylic acids is 1. The molecule has 1 aromatic heterocycles. The Hall–Kier alpha value is -2.52. The fourth-order valence-corrected chi connectivity index (χ4v) is 2.35. The minimum Gasteiger partial charge on any atom is -0.453 e. The summed E-state index contributed by atoms with van der Waals surface area (Å²) in [5, 5.41) is 16.4. The SMILES string of the molecule is COC(=O)Nc1cccc(NCc2cc(C#N)cs2)c1. The number of nitrogens with one attached hydrogen (secondary N) is 2. The number of nitrogens with zero attached hydrogens (tertiary/aromatic N) is 1. The van der Waals surface area contributed by atoms with Gasteiger partial charge in [0, 0.05) is 28.2 Å². The number of benzene rings is 1. The van der Waals surface area contributed by atoms with Gasteiger partial charge in [0.05, 0.1) is 12.7 Å². The normalized spacial score (nSPS) is 9.60. The van der Waals surface area contributed by atoms with Crippen molar-refractivity contribution in [2.45, 2.75) is 6.54 Å². The van der Waals surface area contributed by atoms with Crippen LogP contribution in [0, 0.1) is 11.3 Å². The maximum atomic E-state index is 11.1. The van der Waals surface area contributed by atoms with E-state index in [4.69, 9.17) is 5.26 Å². The zero-order chi connectivity index (χ0) is 14.4. The first kappa shape index (κ1) is 13.9. The first-order valence-electron chi connectivity index (χ1n) is 5.87. The molecule has 0 atom stereocenters. The lowest BCUT2D eigenvalue weighted by molar-refractivity contribution is 0.187. The van der Waals surface area contributed by atoms with Crippen molar-refractivity contribution in [3.8, 4) is 6.07 Å². The highest BCUT2D eigenvalue weighted by atomic mass is 32.1. The Morgan fingerprint density at radius 2 is 2.20 bits per heavy atom. The molecule has 2 rings (SSSR count). The van der Waals surface area contributed by atoms with Gasteiger partial charge in [-0.05, 0) is 24.3 Å². The van der Waals surface area contributed by atoms with Gasteiger partial charge < -0.3 is 10.1 Å². The summed E-state index contributed by atoms with van der Waals surface area (Å²) in [6.07, 6.45) is -0.501. The van der Waals surface area contributed by atoms with Crippen LogP contribution in [0.4, 0.5) is 16.2 Å². The Morgan fingerprint density at radius 3 is 2.90 bits per heavy atom. The van der Waals surface area contributed by atoms with E-state index in [1.54, 1.807) is 6.07 Å². The number of rotatable bonds is 4. The lowest BCUT2D eigenvalue weighted by Gasteiger charge is -2.08. The topological polar surface area (TPSA) is 74.2 Å². The van der Waals surface area contributed by atoms with E-state index in [0.717, 1.165) is 10.6 Å². The van der Waals surface area contributed by atoms with E-state index in [1.165, 1.54) is 18.4 Å². The van der Waals surface area contributed by atoms with Gasteiger partial charge in [0.15, 0.2) is 0 Å². The van der Waals surface area contributed by atoms with Crippen LogP contribution in [0.1, 0.15) is 10.4 Å². The Morgan fingerprint density at radius 1 is 1.40 bits per heavy atom. The molecule has 20 heavy (non-hydrogen) atoms. The fourth-order valence-electron chi connectivity index (χ4n) is 1.60. The third-order valence-corrected chi connectivity index (χ3v) is 3.48. The van der Waals surface area contributed by atoms with E-state index in [2.05, 4.69) is 21.4 Å². The van der Waals surface area contributed by atoms with Crippen molar-refractivity contribution in [3.05, 3.63) is 46.2 Å². The summed E-state index contributed by atoms with van der Waals surface area (Å²) in [6, 6.07) is 11.3. The second kappa shape index (κ2) is 6.59. The second-order valence-corrected chi connectivity index (χ2v) is 4.96. The maximum Gasteiger partial charge on any atom is 0.411 e. The monoisotopic (exact) mass is 287 g/mol. The molecular formula is C14H13N3O2S. The minimum atomic E-state index is -0.501. The van der Waals surface area contributed by atoms with Crippen molar-refractivity contribution >= 4 is 28.8 Å². The summed E-state index contributed by atoms with van der Waals surface area (Å²) in [6.45, 7) is 0.633. The highest BCUT2D eigenvalue weighted by molar-refractivity contribution is 7.10. The molecule has 102 valence electrons. The van der Waals surface area contributed by atoms with Gasteiger partial charge in [0.25, 0.3) is 0 Å². The van der Waals surface area contributed by atoms with Gasteiger partial charge in [0.1, 0.15) is 6.07 Å². The summed E-state index contributed by atoms with van der Waals surface area (Å²) >= 11 is 1.54. The van der Waals surface area contributed by atoms with Crippen LogP contribution in [-0.4, -0.2) is 13.2 Å². The maximum absolute atomic E-state index is 11.1. The molecule has 2 N–H and O–H groups in total. The van der Waals surface area contributed by atoms with Crippen molar-refractivity contribution in [3.63, 3.8) is 0 Å². The predicted molar refractivity (Wildman–Crippen MR) is 78.8 cm³/mol. The summed E-state index contributed by atoms with van der Waals surface area (Å²) in [5.74, 6) is 0. The Balaban J connectivity index is 1.97. The molecule has 0 aliphatic carbocycles. The minimum absolute atomic E-state index is 0.501. The highest BCUT2D eigenvalue weighted by Crippen LogP contribution is 2.19. The van der Waals surface area contributed by atoms with Crippen molar-refractivity contribution in [2.24, 2.45) is 0 Å². The number of thiophene rings is 1. The zero-order valence-electron chi connectivity index (χ0n) is 10.8. The highest BCUT2D eigenvalue weighted by Gasteiger charge is 2.02. The molecule has 0 bridgehead atoms. The lowest BCUT2D eigenvalue weighted by atomic mass is 10.2. The van der Waals surface area contributed by atoms with E-state index < -0.39 is 6.09 Å². The van der Waals surface area contributed by atoms with E-state index in [1.807, 2.05) is 29.6 Å². The Labute approximate surface area is 120 Å². The van der Waals surface area contributed by atoms with Crippen LogP contribution in [0.2, 0.25) is 0 Å². The molecule has 0 saturated heterocycles. The van der Waals surface area contributed by atoms with Crippen molar-refractivity contribution in [2.75, 3.05) is 17.7 Å². The van der Waals surface area contributed by atoms with Gasteiger partial charge in [-0.25, -0.2) is 4.79 Å². The van der Waals surface area contributed by atoms with Crippen LogP contribution in [0.15, 0.2) is 35.7 Å². The van der Waals surface area contributed by atoms with Crippen LogP contribution >= 0.6 is 11.3 Å². The third kappa shape index (κ3) is 3.73. The van der Waals surface area contributed by atoms with Gasteiger partial charge in [-0.1, -0.05) is 6.07 Å². The number of methoxy groups -OCH3 is 1. The standard InChI is InChI=1S/C14H13N3O2S/c1-19-14(18)17-12-4-2-3-11(6-12)16-8-13-5-10(7-15)9-20-13/h2-6,9,16H,8H2,1H3,(H,17,18). The zero-order valence-corrected chi connectivity index (χ0v) is 11.7. The third-order valence-electron chi connectivity index (χ3n) is 2.54. The van der Waals surface area contributed by atoms with E-state index >= 15 is 0 Å². The number of ether oxygens (including phenoxy) is 1. The van der Waals surface area contributed by atoms with Crippen molar-refractivity contribution in [1.82, 2.24) is 0 Å². The lowest BCUT2D eigenvalue weighted by Crippen LogP contribution is -2.11. The number of hydrogen-bond donors (Lipinski definition) is 2. The van der Waals surface area contributed by atoms with Gasteiger partial charge in [-0.2, -0.15) is 5.26 Å². The quantitative estimate of drug-likeness (QED) is 0.903. The number of nitriles is 1. The van der Waals surface area contributed by atoms with Gasteiger partial charge >= 0.3 is 6.09 Å². The van der Waals surface area contributed by atoms with Crippen molar-refractivity contribution < 1.29 is 9.53 Å². The van der Waals surface area contributed by atoms with Crippen LogP contribution < -0.4 is 10.6 Å². The molecule has 2 aromatic rings. The van der Waals surface area contributed by atoms with Gasteiger partial charge in [-0.15, -0.1) is 11.3 Å². The molecule has 0 aliphatic heterocycles. The smallest absolute Gasteiger partial charge is 0.411 e. The molecule has 1 amide bonds. The first-order valence-corrected chi connectivity index (χ1v) is 6.75.